The number of benzene rings is 4. The second-order valence-corrected chi connectivity index (χ2v) is 31.5. The number of carboxylic acids is 1. The largest absolute Gasteiger partial charge is 0.496 e. The first kappa shape index (κ1) is 76.8. The molecule has 3 N–H and O–H groups in total. The van der Waals surface area contributed by atoms with E-state index in [1.54, 1.807) is 93.9 Å². The van der Waals surface area contributed by atoms with Crippen molar-refractivity contribution in [2.24, 2.45) is 41.4 Å². The van der Waals surface area contributed by atoms with Gasteiger partial charge in [0.05, 0.1) is 62.3 Å². The summed E-state index contributed by atoms with van der Waals surface area (Å²) < 4.78 is 39.1. The molecule has 8 aliphatic rings. The van der Waals surface area contributed by atoms with E-state index in [0.29, 0.717) is 120 Å². The lowest BCUT2D eigenvalue weighted by molar-refractivity contribution is -0.223. The van der Waals surface area contributed by atoms with Crippen LogP contribution in [0.1, 0.15) is 169 Å². The minimum Gasteiger partial charge on any atom is -0.496 e. The molecule has 0 saturated heterocycles. The number of esters is 3. The summed E-state index contributed by atoms with van der Waals surface area (Å²) >= 11 is 0. The molecule has 25 heteroatoms. The summed E-state index contributed by atoms with van der Waals surface area (Å²) in [7, 11) is 17.6. The molecule has 4 aromatic carbocycles. The van der Waals surface area contributed by atoms with Crippen molar-refractivity contribution in [3.05, 3.63) is 131 Å². The van der Waals surface area contributed by atoms with Crippen LogP contribution in [0.2, 0.25) is 0 Å². The van der Waals surface area contributed by atoms with Crippen LogP contribution in [-0.2, 0) is 28.7 Å². The lowest BCUT2D eigenvalue weighted by Gasteiger charge is -2.64. The Labute approximate surface area is 625 Å². The van der Waals surface area contributed by atoms with Gasteiger partial charge < -0.3 is 63.8 Å². The van der Waals surface area contributed by atoms with E-state index in [-0.39, 0.29) is 71.6 Å². The molecule has 8 bridgehead atoms. The van der Waals surface area contributed by atoms with Crippen LogP contribution in [0, 0.1) is 41.4 Å². The number of carbonyl (C=O) groups is 8. The fourth-order valence-corrected chi connectivity index (χ4v) is 18.8. The Hall–Kier alpha value is -9.88. The quantitative estimate of drug-likeness (QED) is 0.0223. The van der Waals surface area contributed by atoms with Gasteiger partial charge in [-0.25, -0.2) is 28.5 Å². The van der Waals surface area contributed by atoms with Crippen LogP contribution in [0.5, 0.6) is 23.0 Å². The monoisotopic (exact) mass is 1470 g/mol. The standard InChI is InChI=1S/C82H102N10O15/c1-47(2)58-41-53(76(97)89(9)31-17-29-87(5)6)23-25-62(58)91-64(72-66(102-11)19-15-20-67(72)103-12)43-60(85-91)74(95)83-81(55-35-49-33-50(37-55)38-56(81)36-49)79(101)106-70(93)27-28-71(94)107-80-45-51-34-52(46-80)40-57(39-51)82(80,78(99)100)84-75(96)61-44-65(73-68(104-13)21-16-22-69(73)105-14)92(86-61)63-26-24-54(42-59(63)48(3)4)77(98)90(10)32-18-30-88(7)8/h15-16,19-28,41-44,47-52,55-57H,17-18,29-40,45-46H2,1-14H3,(H,83,95)(H,84,96)(H,99,100). The molecule has 8 aliphatic carbocycles. The van der Waals surface area contributed by atoms with E-state index >= 15 is 14.4 Å². The average molecular weight is 1470 g/mol. The first-order valence-electron chi connectivity index (χ1n) is 37.3. The molecule has 3 atom stereocenters. The molecule has 0 radical (unpaired) electrons. The van der Waals surface area contributed by atoms with Gasteiger partial charge in [0.15, 0.2) is 16.9 Å². The van der Waals surface area contributed by atoms with Crippen molar-refractivity contribution >= 4 is 47.5 Å². The van der Waals surface area contributed by atoms with Crippen molar-refractivity contribution in [1.82, 2.24) is 49.8 Å². The molecule has 8 saturated carbocycles. The van der Waals surface area contributed by atoms with E-state index in [0.717, 1.165) is 62.1 Å². The predicted molar refractivity (Wildman–Crippen MR) is 400 cm³/mol. The number of amides is 4. The minimum absolute atomic E-state index is 0.0598. The van der Waals surface area contributed by atoms with Crippen LogP contribution in [0.4, 0.5) is 0 Å². The van der Waals surface area contributed by atoms with Gasteiger partial charge in [-0.05, 0) is 256 Å². The van der Waals surface area contributed by atoms with Gasteiger partial charge in [-0.2, -0.15) is 10.2 Å². The maximum absolute atomic E-state index is 15.4. The smallest absolute Gasteiger partial charge is 0.340 e. The van der Waals surface area contributed by atoms with E-state index in [4.69, 9.17) is 38.6 Å². The SMILES string of the molecule is COc1cccc(OC)c1-c1cc(C(=O)NC2(C(=O)OC(=O)C=CC(=O)OC34CC5CC(CC(C5)C3(NC(=O)c3cc(-c5c(OC)cccc5OC)n(-c5ccc(C(=O)N(C)CCCN(C)C)cc5C(C)C)n3)C(=O)O)C4)C3CC4CC(C3)CC2C4)nn1-c1ccc(C(=O)N(C)CCCN(C)C)cc1C(C)C. The number of carbonyl (C=O) groups excluding carboxylic acids is 7. The van der Waals surface area contributed by atoms with Gasteiger partial charge in [-0.3, -0.25) is 19.2 Å². The molecule has 107 heavy (non-hydrogen) atoms. The van der Waals surface area contributed by atoms with Crippen LogP contribution in [0.3, 0.4) is 0 Å². The van der Waals surface area contributed by atoms with Gasteiger partial charge >= 0.3 is 23.9 Å². The van der Waals surface area contributed by atoms with Gasteiger partial charge in [0.2, 0.25) is 0 Å². The first-order chi connectivity index (χ1) is 51.1. The van der Waals surface area contributed by atoms with Crippen LogP contribution >= 0.6 is 0 Å². The summed E-state index contributed by atoms with van der Waals surface area (Å²) in [5.41, 5.74) is -0.773. The third kappa shape index (κ3) is 14.6. The van der Waals surface area contributed by atoms with Gasteiger partial charge in [-0.15, -0.1) is 0 Å². The van der Waals surface area contributed by atoms with E-state index in [1.807, 2.05) is 74.1 Å². The third-order valence-electron chi connectivity index (χ3n) is 23.4. The molecule has 0 spiro atoms. The Bertz CT molecular complexity index is 4370. The number of rotatable bonds is 29. The zero-order chi connectivity index (χ0) is 76.7. The summed E-state index contributed by atoms with van der Waals surface area (Å²) in [5, 5.41) is 27.9. The highest BCUT2D eigenvalue weighted by Gasteiger charge is 2.73. The third-order valence-corrected chi connectivity index (χ3v) is 23.4. The maximum atomic E-state index is 15.4. The average Bonchev–Trinajstić information content (AvgIpc) is 1.09. The second-order valence-electron chi connectivity index (χ2n) is 31.5. The Kier molecular flexibility index (Phi) is 22.3. The molecule has 3 unspecified atom stereocenters. The van der Waals surface area contributed by atoms with Crippen molar-refractivity contribution in [2.45, 2.75) is 133 Å². The Morgan fingerprint density at radius 1 is 0.523 bits per heavy atom. The van der Waals surface area contributed by atoms with Crippen LogP contribution in [-0.4, -0.2) is 205 Å². The minimum atomic E-state index is -2.20. The molecular formula is C82H102N10O15. The fourth-order valence-electron chi connectivity index (χ4n) is 18.8. The van der Waals surface area contributed by atoms with E-state index in [9.17, 15) is 29.1 Å². The molecule has 0 aliphatic heterocycles. The number of nitrogens with one attached hydrogen (secondary N) is 2. The highest BCUT2D eigenvalue weighted by atomic mass is 16.6. The number of hydrogen-bond acceptors (Lipinski definition) is 18. The number of aromatic nitrogens is 4. The zero-order valence-corrected chi connectivity index (χ0v) is 64.0. The number of aliphatic carboxylic acids is 1. The van der Waals surface area contributed by atoms with Crippen LogP contribution in [0.25, 0.3) is 33.9 Å². The fraction of sp³-hybridized carbons (Fsp3) is 0.512. The van der Waals surface area contributed by atoms with Gasteiger partial charge in [-0.1, -0.05) is 39.8 Å². The first-order valence-corrected chi connectivity index (χ1v) is 37.3. The topological polar surface area (TPSA) is 285 Å². The molecule has 25 nitrogen and oxygen atoms in total. The van der Waals surface area contributed by atoms with Crippen molar-refractivity contribution in [1.29, 1.82) is 0 Å². The summed E-state index contributed by atoms with van der Waals surface area (Å²) in [5.74, 6) is -6.44. The van der Waals surface area contributed by atoms with Crippen molar-refractivity contribution in [2.75, 3.05) is 96.9 Å². The van der Waals surface area contributed by atoms with Crippen molar-refractivity contribution in [3.63, 3.8) is 0 Å². The normalized spacial score (nSPS) is 23.7. The molecular weight excluding hydrogens is 1360 g/mol. The number of carboxylic acid groups (broad SMARTS) is 1. The molecule has 2 aromatic heterocycles. The highest BCUT2D eigenvalue weighted by molar-refractivity contribution is 6.04. The van der Waals surface area contributed by atoms with E-state index in [1.165, 1.54) is 34.5 Å². The summed E-state index contributed by atoms with van der Waals surface area (Å²) in [6, 6.07) is 24.4. The van der Waals surface area contributed by atoms with E-state index < -0.39 is 70.1 Å². The number of nitrogens with zero attached hydrogens (tertiary/aromatic N) is 8. The van der Waals surface area contributed by atoms with Crippen LogP contribution < -0.4 is 29.6 Å². The number of ether oxygens (including phenoxy) is 6. The zero-order valence-electron chi connectivity index (χ0n) is 64.0. The van der Waals surface area contributed by atoms with Gasteiger partial charge in [0.25, 0.3) is 23.6 Å². The molecule has 14 rings (SSSR count). The maximum Gasteiger partial charge on any atom is 0.340 e. The summed E-state index contributed by atoms with van der Waals surface area (Å²) in [6.07, 6.45) is 8.25. The number of hydrogen-bond donors (Lipinski definition) is 3. The Balaban J connectivity index is 0.833. The number of methoxy groups -OCH3 is 4. The highest BCUT2D eigenvalue weighted by Crippen LogP contribution is 2.63. The lowest BCUT2D eigenvalue weighted by Crippen LogP contribution is -2.79. The lowest BCUT2D eigenvalue weighted by atomic mass is 9.46. The molecule has 8 fully saturated rings. The van der Waals surface area contributed by atoms with Crippen molar-refractivity contribution in [3.8, 4) is 56.9 Å². The molecule has 4 amide bonds. The second kappa shape index (κ2) is 31.1. The van der Waals surface area contributed by atoms with E-state index in [2.05, 4.69) is 20.4 Å². The van der Waals surface area contributed by atoms with Crippen molar-refractivity contribution < 1.29 is 71.9 Å². The van der Waals surface area contributed by atoms with Gasteiger partial charge in [0, 0.05) is 50.5 Å². The van der Waals surface area contributed by atoms with Crippen LogP contribution in [0.15, 0.2) is 97.1 Å². The predicted octanol–water partition coefficient (Wildman–Crippen LogP) is 10.6. The molecule has 6 aromatic rings. The Morgan fingerprint density at radius 3 is 1.33 bits per heavy atom. The summed E-state index contributed by atoms with van der Waals surface area (Å²) in [6.45, 7) is 10.7. The molecule has 2 heterocycles. The Morgan fingerprint density at radius 2 is 0.925 bits per heavy atom. The molecule has 570 valence electrons. The van der Waals surface area contributed by atoms with Gasteiger partial charge in [0.1, 0.15) is 34.1 Å². The summed E-state index contributed by atoms with van der Waals surface area (Å²) in [4.78, 5) is 125.